The second-order valence-electron chi connectivity index (χ2n) is 4.62. The molecule has 2 unspecified atom stereocenters. The molecule has 86 valence electrons. The molecule has 0 radical (unpaired) electrons. The highest BCUT2D eigenvalue weighted by Gasteiger charge is 2.35. The van der Waals surface area contributed by atoms with Gasteiger partial charge in [0, 0.05) is 31.7 Å². The van der Waals surface area contributed by atoms with Crippen LogP contribution in [0.4, 0.5) is 4.79 Å². The highest BCUT2D eigenvalue weighted by Crippen LogP contribution is 2.28. The van der Waals surface area contributed by atoms with Gasteiger partial charge in [-0.25, -0.2) is 4.79 Å². The third-order valence-electron chi connectivity index (χ3n) is 3.76. The molecule has 2 fully saturated rings. The monoisotopic (exact) mass is 211 g/mol. The molecule has 2 aliphatic rings. The number of likely N-dealkylation sites (tertiary alicyclic amines) is 1. The van der Waals surface area contributed by atoms with Crippen molar-refractivity contribution in [1.82, 2.24) is 15.1 Å². The van der Waals surface area contributed by atoms with Crippen LogP contribution >= 0.6 is 0 Å². The van der Waals surface area contributed by atoms with E-state index in [2.05, 4.69) is 17.3 Å². The maximum Gasteiger partial charge on any atom is 0.317 e. The third-order valence-corrected chi connectivity index (χ3v) is 3.76. The summed E-state index contributed by atoms with van der Waals surface area (Å²) in [6.07, 6.45) is 3.69. The first-order chi connectivity index (χ1) is 7.22. The number of nitrogens with zero attached hydrogens (tertiary/aromatic N) is 2. The first-order valence-electron chi connectivity index (χ1n) is 5.97. The Balaban J connectivity index is 1.97. The molecule has 2 saturated heterocycles. The van der Waals surface area contributed by atoms with Crippen LogP contribution in [0.15, 0.2) is 0 Å². The van der Waals surface area contributed by atoms with Crippen molar-refractivity contribution in [2.24, 2.45) is 0 Å². The van der Waals surface area contributed by atoms with Crippen LogP contribution in [0, 0.1) is 0 Å². The minimum absolute atomic E-state index is 0.110. The lowest BCUT2D eigenvalue weighted by Gasteiger charge is -2.25. The number of rotatable bonds is 1. The summed E-state index contributed by atoms with van der Waals surface area (Å²) in [5.41, 5.74) is 0. The van der Waals surface area contributed by atoms with E-state index in [1.54, 1.807) is 0 Å². The van der Waals surface area contributed by atoms with Gasteiger partial charge in [0.1, 0.15) is 0 Å². The van der Waals surface area contributed by atoms with E-state index in [4.69, 9.17) is 0 Å². The van der Waals surface area contributed by atoms with E-state index >= 15 is 0 Å². The number of likely N-dealkylation sites (N-methyl/N-ethyl adjacent to an activating group) is 1. The number of hydrogen-bond acceptors (Lipinski definition) is 2. The standard InChI is InChI=1S/C11H21N3O/c1-3-12-11(15)14-7-6-9-4-5-10(8-14)13(9)2/h9-10H,3-8H2,1-2H3,(H,12,15). The Kier molecular flexibility index (Phi) is 3.14. The van der Waals surface area contributed by atoms with Gasteiger partial charge in [-0.05, 0) is 33.2 Å². The predicted octanol–water partition coefficient (Wildman–Crippen LogP) is 0.884. The highest BCUT2D eigenvalue weighted by atomic mass is 16.2. The highest BCUT2D eigenvalue weighted by molar-refractivity contribution is 5.74. The average molecular weight is 211 g/mol. The van der Waals surface area contributed by atoms with Crippen LogP contribution in [0.25, 0.3) is 0 Å². The van der Waals surface area contributed by atoms with Gasteiger partial charge in [-0.15, -0.1) is 0 Å². The van der Waals surface area contributed by atoms with Crippen molar-refractivity contribution in [3.05, 3.63) is 0 Å². The number of fused-ring (bicyclic) bond motifs is 2. The van der Waals surface area contributed by atoms with E-state index in [9.17, 15) is 4.79 Å². The number of nitrogens with one attached hydrogen (secondary N) is 1. The first kappa shape index (κ1) is 10.7. The molecule has 1 N–H and O–H groups in total. The smallest absolute Gasteiger partial charge is 0.317 e. The van der Waals surface area contributed by atoms with Gasteiger partial charge in [-0.3, -0.25) is 4.90 Å². The minimum atomic E-state index is 0.110. The Bertz CT molecular complexity index is 244. The van der Waals surface area contributed by atoms with Crippen LogP contribution in [-0.2, 0) is 0 Å². The zero-order valence-corrected chi connectivity index (χ0v) is 9.70. The topological polar surface area (TPSA) is 35.6 Å². The van der Waals surface area contributed by atoms with E-state index in [0.29, 0.717) is 12.1 Å². The molecule has 0 aromatic heterocycles. The zero-order chi connectivity index (χ0) is 10.8. The summed E-state index contributed by atoms with van der Waals surface area (Å²) in [6.45, 7) is 4.50. The van der Waals surface area contributed by atoms with Gasteiger partial charge >= 0.3 is 6.03 Å². The molecule has 0 aromatic rings. The van der Waals surface area contributed by atoms with Crippen LogP contribution in [0.1, 0.15) is 26.2 Å². The van der Waals surface area contributed by atoms with E-state index in [-0.39, 0.29) is 6.03 Å². The van der Waals surface area contributed by atoms with Crippen molar-refractivity contribution in [1.29, 1.82) is 0 Å². The molecule has 0 aromatic carbocycles. The quantitative estimate of drug-likeness (QED) is 0.699. The van der Waals surface area contributed by atoms with E-state index in [1.165, 1.54) is 12.8 Å². The van der Waals surface area contributed by atoms with Gasteiger partial charge in [0.15, 0.2) is 0 Å². The second-order valence-corrected chi connectivity index (χ2v) is 4.62. The van der Waals surface area contributed by atoms with Crippen molar-refractivity contribution in [2.75, 3.05) is 26.7 Å². The maximum atomic E-state index is 11.7. The molecule has 4 nitrogen and oxygen atoms in total. The van der Waals surface area contributed by atoms with Gasteiger partial charge in [-0.2, -0.15) is 0 Å². The first-order valence-corrected chi connectivity index (χ1v) is 5.97. The Hall–Kier alpha value is -0.770. The van der Waals surface area contributed by atoms with Gasteiger partial charge in [0.25, 0.3) is 0 Å². The largest absolute Gasteiger partial charge is 0.338 e. The van der Waals surface area contributed by atoms with E-state index < -0.39 is 0 Å². The van der Waals surface area contributed by atoms with Crippen molar-refractivity contribution in [3.8, 4) is 0 Å². The fraction of sp³-hybridized carbons (Fsp3) is 0.909. The fourth-order valence-corrected chi connectivity index (χ4v) is 2.76. The normalized spacial score (nSPS) is 31.5. The lowest BCUT2D eigenvalue weighted by Crippen LogP contribution is -2.44. The van der Waals surface area contributed by atoms with Crippen molar-refractivity contribution >= 4 is 6.03 Å². The summed E-state index contributed by atoms with van der Waals surface area (Å²) in [5.74, 6) is 0. The minimum Gasteiger partial charge on any atom is -0.338 e. The van der Waals surface area contributed by atoms with E-state index in [0.717, 1.165) is 26.1 Å². The molecule has 0 aliphatic carbocycles. The van der Waals surface area contributed by atoms with Crippen LogP contribution in [0.3, 0.4) is 0 Å². The summed E-state index contributed by atoms with van der Waals surface area (Å²) >= 11 is 0. The molecule has 4 heteroatoms. The van der Waals surface area contributed by atoms with Gasteiger partial charge in [0.2, 0.25) is 0 Å². The molecular weight excluding hydrogens is 190 g/mol. The number of carbonyl (C=O) groups excluding carboxylic acids is 1. The molecular formula is C11H21N3O. The second kappa shape index (κ2) is 4.39. The molecule has 2 bridgehead atoms. The third kappa shape index (κ3) is 2.09. The molecule has 0 saturated carbocycles. The Morgan fingerprint density at radius 2 is 2.07 bits per heavy atom. The number of urea groups is 1. The molecule has 2 amide bonds. The predicted molar refractivity (Wildman–Crippen MR) is 59.8 cm³/mol. The molecule has 2 heterocycles. The summed E-state index contributed by atoms with van der Waals surface area (Å²) in [7, 11) is 2.20. The average Bonchev–Trinajstić information content (AvgIpc) is 2.41. The molecule has 0 spiro atoms. The Labute approximate surface area is 91.6 Å². The maximum absolute atomic E-state index is 11.7. The van der Waals surface area contributed by atoms with Crippen molar-refractivity contribution in [2.45, 2.75) is 38.3 Å². The SMILES string of the molecule is CCNC(=O)N1CCC2CCC(C1)N2C. The molecule has 15 heavy (non-hydrogen) atoms. The number of amides is 2. The van der Waals surface area contributed by atoms with Crippen LogP contribution < -0.4 is 5.32 Å². The zero-order valence-electron chi connectivity index (χ0n) is 9.70. The summed E-state index contributed by atoms with van der Waals surface area (Å²) in [4.78, 5) is 16.2. The molecule has 2 atom stereocenters. The van der Waals surface area contributed by atoms with Crippen LogP contribution in [0.5, 0.6) is 0 Å². The lowest BCUT2D eigenvalue weighted by atomic mass is 10.1. The van der Waals surface area contributed by atoms with Gasteiger partial charge < -0.3 is 10.2 Å². The van der Waals surface area contributed by atoms with Gasteiger partial charge in [0.05, 0.1) is 0 Å². The molecule has 2 rings (SSSR count). The Morgan fingerprint density at radius 1 is 1.33 bits per heavy atom. The van der Waals surface area contributed by atoms with Crippen molar-refractivity contribution in [3.63, 3.8) is 0 Å². The summed E-state index contributed by atoms with van der Waals surface area (Å²) in [6, 6.07) is 1.40. The van der Waals surface area contributed by atoms with Gasteiger partial charge in [-0.1, -0.05) is 0 Å². The van der Waals surface area contributed by atoms with Crippen LogP contribution in [0.2, 0.25) is 0 Å². The van der Waals surface area contributed by atoms with Crippen molar-refractivity contribution < 1.29 is 4.79 Å². The number of hydrogen-bond donors (Lipinski definition) is 1. The van der Waals surface area contributed by atoms with Crippen LogP contribution in [-0.4, -0.2) is 54.6 Å². The summed E-state index contributed by atoms with van der Waals surface area (Å²) < 4.78 is 0. The molecule has 2 aliphatic heterocycles. The Morgan fingerprint density at radius 3 is 2.80 bits per heavy atom. The lowest BCUT2D eigenvalue weighted by molar-refractivity contribution is 0.189. The summed E-state index contributed by atoms with van der Waals surface area (Å²) in [5, 5.41) is 2.89. The fourth-order valence-electron chi connectivity index (χ4n) is 2.76. The van der Waals surface area contributed by atoms with E-state index in [1.807, 2.05) is 11.8 Å². The number of carbonyl (C=O) groups is 1.